The Morgan fingerprint density at radius 2 is 2.27 bits per heavy atom. The van der Waals surface area contributed by atoms with Crippen LogP contribution in [-0.4, -0.2) is 16.1 Å². The van der Waals surface area contributed by atoms with Crippen LogP contribution in [0.5, 0.6) is 0 Å². The van der Waals surface area contributed by atoms with Crippen LogP contribution >= 0.6 is 15.9 Å². The molecule has 1 N–H and O–H groups in total. The molecular formula is C10H12BrNO3. The number of rotatable bonds is 4. The van der Waals surface area contributed by atoms with Crippen molar-refractivity contribution in [3.05, 3.63) is 38.3 Å². The summed E-state index contributed by atoms with van der Waals surface area (Å²) >= 11 is 3.19. The zero-order valence-electron chi connectivity index (χ0n) is 8.31. The zero-order chi connectivity index (χ0) is 11.4. The topological polar surface area (TPSA) is 63.4 Å². The zero-order valence-corrected chi connectivity index (χ0v) is 9.90. The number of nitro benzene ring substituents is 1. The normalized spacial score (nSPS) is 12.5. The maximum atomic E-state index is 10.7. The van der Waals surface area contributed by atoms with Crippen LogP contribution in [0.4, 0.5) is 5.69 Å². The third kappa shape index (κ3) is 3.60. The molecule has 0 aliphatic carbocycles. The number of aliphatic hydroxyl groups excluding tert-OH is 1. The highest BCUT2D eigenvalue weighted by atomic mass is 79.9. The number of aryl methyl sites for hydroxylation is 1. The van der Waals surface area contributed by atoms with Crippen LogP contribution in [0.3, 0.4) is 0 Å². The predicted octanol–water partition coefficient (Wildman–Crippen LogP) is 2.67. The molecule has 4 nitrogen and oxygen atoms in total. The summed E-state index contributed by atoms with van der Waals surface area (Å²) in [7, 11) is 0. The molecule has 1 atom stereocenters. The number of halogens is 1. The first-order chi connectivity index (χ1) is 7.00. The quantitative estimate of drug-likeness (QED) is 0.678. The average molecular weight is 274 g/mol. The van der Waals surface area contributed by atoms with Crippen LogP contribution in [0.25, 0.3) is 0 Å². The fourth-order valence-electron chi connectivity index (χ4n) is 1.28. The Morgan fingerprint density at radius 1 is 1.60 bits per heavy atom. The first-order valence-corrected chi connectivity index (χ1v) is 5.41. The van der Waals surface area contributed by atoms with Gasteiger partial charge < -0.3 is 5.11 Å². The molecule has 1 rings (SSSR count). The van der Waals surface area contributed by atoms with Crippen molar-refractivity contribution in [3.8, 4) is 0 Å². The number of hydrogen-bond acceptors (Lipinski definition) is 3. The molecule has 0 radical (unpaired) electrons. The Bertz CT molecular complexity index is 366. The Labute approximate surface area is 96.2 Å². The average Bonchev–Trinajstić information content (AvgIpc) is 2.15. The smallest absolute Gasteiger partial charge is 0.273 e. The second-order valence-electron chi connectivity index (χ2n) is 3.42. The van der Waals surface area contributed by atoms with E-state index in [1.165, 1.54) is 6.07 Å². The van der Waals surface area contributed by atoms with Gasteiger partial charge in [0.2, 0.25) is 0 Å². The van der Waals surface area contributed by atoms with Crippen LogP contribution in [0.2, 0.25) is 0 Å². The van der Waals surface area contributed by atoms with Gasteiger partial charge in [0.25, 0.3) is 5.69 Å². The van der Waals surface area contributed by atoms with Gasteiger partial charge in [0.1, 0.15) is 0 Å². The molecule has 82 valence electrons. The number of benzene rings is 1. The Hall–Kier alpha value is -0.940. The molecule has 1 aromatic carbocycles. The van der Waals surface area contributed by atoms with Gasteiger partial charge in [-0.1, -0.05) is 22.0 Å². The molecule has 0 aromatic heterocycles. The van der Waals surface area contributed by atoms with Crippen LogP contribution in [-0.2, 0) is 6.42 Å². The van der Waals surface area contributed by atoms with Crippen molar-refractivity contribution < 1.29 is 10.0 Å². The van der Waals surface area contributed by atoms with E-state index in [9.17, 15) is 10.1 Å². The molecule has 0 aliphatic rings. The van der Waals surface area contributed by atoms with E-state index in [4.69, 9.17) is 5.11 Å². The molecule has 0 spiro atoms. The van der Waals surface area contributed by atoms with Crippen molar-refractivity contribution in [2.45, 2.75) is 25.9 Å². The molecule has 0 saturated carbocycles. The van der Waals surface area contributed by atoms with Gasteiger partial charge in [0.05, 0.1) is 11.0 Å². The van der Waals surface area contributed by atoms with Crippen molar-refractivity contribution in [2.75, 3.05) is 0 Å². The number of hydrogen-bond donors (Lipinski definition) is 1. The standard InChI is InChI=1S/C10H12BrNO3/c1-7(13)2-3-8-4-5-9(11)6-10(8)12(14)15/h4-7,13H,2-3H2,1H3/t7-/m0/s1. The monoisotopic (exact) mass is 273 g/mol. The van der Waals surface area contributed by atoms with E-state index in [0.29, 0.717) is 22.9 Å². The number of nitrogens with zero attached hydrogens (tertiary/aromatic N) is 1. The van der Waals surface area contributed by atoms with Gasteiger partial charge in [0, 0.05) is 16.1 Å². The molecule has 1 aromatic rings. The van der Waals surface area contributed by atoms with Gasteiger partial charge in [-0.2, -0.15) is 0 Å². The van der Waals surface area contributed by atoms with E-state index in [1.54, 1.807) is 19.1 Å². The minimum atomic E-state index is -0.437. The highest BCUT2D eigenvalue weighted by Gasteiger charge is 2.14. The predicted molar refractivity (Wildman–Crippen MR) is 60.8 cm³/mol. The van der Waals surface area contributed by atoms with Crippen molar-refractivity contribution in [3.63, 3.8) is 0 Å². The van der Waals surface area contributed by atoms with Crippen LogP contribution in [0.15, 0.2) is 22.7 Å². The van der Waals surface area contributed by atoms with Crippen molar-refractivity contribution in [2.24, 2.45) is 0 Å². The van der Waals surface area contributed by atoms with E-state index in [1.807, 2.05) is 0 Å². The van der Waals surface area contributed by atoms with Gasteiger partial charge in [-0.05, 0) is 25.8 Å². The molecule has 0 saturated heterocycles. The van der Waals surface area contributed by atoms with Crippen molar-refractivity contribution in [1.82, 2.24) is 0 Å². The molecule has 0 amide bonds. The summed E-state index contributed by atoms with van der Waals surface area (Å²) in [5, 5.41) is 19.9. The van der Waals surface area contributed by atoms with E-state index in [0.717, 1.165) is 0 Å². The highest BCUT2D eigenvalue weighted by Crippen LogP contribution is 2.24. The molecule has 15 heavy (non-hydrogen) atoms. The van der Waals surface area contributed by atoms with Crippen LogP contribution in [0, 0.1) is 10.1 Å². The van der Waals surface area contributed by atoms with Gasteiger partial charge >= 0.3 is 0 Å². The molecular weight excluding hydrogens is 262 g/mol. The molecule has 0 heterocycles. The minimum Gasteiger partial charge on any atom is -0.393 e. The lowest BCUT2D eigenvalue weighted by atomic mass is 10.1. The summed E-state index contributed by atoms with van der Waals surface area (Å²) in [5.74, 6) is 0. The third-order valence-electron chi connectivity index (χ3n) is 2.08. The van der Waals surface area contributed by atoms with E-state index >= 15 is 0 Å². The van der Waals surface area contributed by atoms with E-state index in [-0.39, 0.29) is 5.69 Å². The lowest BCUT2D eigenvalue weighted by Gasteiger charge is -2.05. The molecule has 0 bridgehead atoms. The molecule has 0 aliphatic heterocycles. The van der Waals surface area contributed by atoms with Crippen LogP contribution in [0.1, 0.15) is 18.9 Å². The van der Waals surface area contributed by atoms with E-state index in [2.05, 4.69) is 15.9 Å². The largest absolute Gasteiger partial charge is 0.393 e. The third-order valence-corrected chi connectivity index (χ3v) is 2.57. The second-order valence-corrected chi connectivity index (χ2v) is 4.33. The second kappa shape index (κ2) is 5.23. The molecule has 0 unspecified atom stereocenters. The van der Waals surface area contributed by atoms with Gasteiger partial charge in [-0.25, -0.2) is 0 Å². The molecule has 5 heteroatoms. The van der Waals surface area contributed by atoms with Gasteiger partial charge in [-0.3, -0.25) is 10.1 Å². The molecule has 0 fully saturated rings. The Morgan fingerprint density at radius 3 is 2.80 bits per heavy atom. The minimum absolute atomic E-state index is 0.102. The lowest BCUT2D eigenvalue weighted by molar-refractivity contribution is -0.385. The number of aliphatic hydroxyl groups is 1. The maximum absolute atomic E-state index is 10.7. The van der Waals surface area contributed by atoms with Crippen LogP contribution < -0.4 is 0 Å². The van der Waals surface area contributed by atoms with Gasteiger partial charge in [-0.15, -0.1) is 0 Å². The summed E-state index contributed by atoms with van der Waals surface area (Å²) in [6, 6.07) is 4.96. The van der Waals surface area contributed by atoms with E-state index < -0.39 is 11.0 Å². The fraction of sp³-hybridized carbons (Fsp3) is 0.400. The first kappa shape index (κ1) is 12.1. The SMILES string of the molecule is C[C@H](O)CCc1ccc(Br)cc1[N+](=O)[O-]. The van der Waals surface area contributed by atoms with Crippen molar-refractivity contribution >= 4 is 21.6 Å². The Kier molecular flexibility index (Phi) is 4.23. The first-order valence-electron chi connectivity index (χ1n) is 4.61. The lowest BCUT2D eigenvalue weighted by Crippen LogP contribution is -2.03. The summed E-state index contributed by atoms with van der Waals surface area (Å²) in [5.41, 5.74) is 0.758. The fourth-order valence-corrected chi connectivity index (χ4v) is 1.63. The summed E-state index contributed by atoms with van der Waals surface area (Å²) in [6.45, 7) is 1.67. The summed E-state index contributed by atoms with van der Waals surface area (Å²) in [6.07, 6.45) is 0.609. The maximum Gasteiger partial charge on any atom is 0.273 e. The van der Waals surface area contributed by atoms with Gasteiger partial charge in [0.15, 0.2) is 0 Å². The van der Waals surface area contributed by atoms with Crippen molar-refractivity contribution in [1.29, 1.82) is 0 Å². The summed E-state index contributed by atoms with van der Waals surface area (Å²) in [4.78, 5) is 10.3. The highest BCUT2D eigenvalue weighted by molar-refractivity contribution is 9.10. The Balaban J connectivity index is 2.91. The summed E-state index contributed by atoms with van der Waals surface area (Å²) < 4.78 is 0.690. The number of nitro groups is 1.